The summed E-state index contributed by atoms with van der Waals surface area (Å²) in [6.07, 6.45) is 2.96. The van der Waals surface area contributed by atoms with Crippen molar-refractivity contribution in [3.63, 3.8) is 0 Å². The number of para-hydroxylation sites is 5. The zero-order valence-corrected chi connectivity index (χ0v) is 79.9. The van der Waals surface area contributed by atoms with Gasteiger partial charge in [-0.3, -0.25) is 71.4 Å². The molecule has 9 aromatic rings. The van der Waals surface area contributed by atoms with Crippen LogP contribution >= 0.6 is 24.0 Å². The first-order chi connectivity index (χ1) is 65.1. The Labute approximate surface area is 805 Å². The molecule has 41 nitrogen and oxygen atoms in total. The average Bonchev–Trinajstić information content (AvgIpc) is 0.822. The van der Waals surface area contributed by atoms with E-state index in [4.69, 9.17) is 89.7 Å². The number of aromatic carboxylic acids is 3. The van der Waals surface area contributed by atoms with Gasteiger partial charge >= 0.3 is 23.9 Å². The molecule has 3 unspecified atom stereocenters. The molecule has 0 radical (unpaired) electrons. The summed E-state index contributed by atoms with van der Waals surface area (Å²) in [6.45, 7) is 17.5. The number of halogens is 2. The third-order valence-electron chi connectivity index (χ3n) is 19.0. The van der Waals surface area contributed by atoms with Gasteiger partial charge in [-0.05, 0) is 143 Å². The topological polar surface area (TPSA) is 603 Å². The summed E-state index contributed by atoms with van der Waals surface area (Å²) < 4.78 is 87.8. The molecule has 1 aliphatic heterocycles. The summed E-state index contributed by atoms with van der Waals surface area (Å²) in [7, 11) is -1.95. The monoisotopic (exact) mass is 1980 g/mol. The predicted octanol–water partition coefficient (Wildman–Crippen LogP) is 9.21. The highest BCUT2D eigenvalue weighted by atomic mass is 35.5. The summed E-state index contributed by atoms with van der Waals surface area (Å²) in [5, 5.41) is 40.0. The number of imide groups is 1. The summed E-state index contributed by atoms with van der Waals surface area (Å²) in [6, 6.07) is 39.1. The number of rotatable bonds is 36. The highest BCUT2D eigenvalue weighted by Crippen LogP contribution is 2.32. The second-order valence-corrected chi connectivity index (χ2v) is 31.9. The van der Waals surface area contributed by atoms with Crippen molar-refractivity contribution in [2.75, 3.05) is 136 Å². The summed E-state index contributed by atoms with van der Waals surface area (Å²) in [4.78, 5) is 166. The number of piperidine rings is 1. The normalized spacial score (nSPS) is 14.1. The highest BCUT2D eigenvalue weighted by molar-refractivity contribution is 7.86. The van der Waals surface area contributed by atoms with Gasteiger partial charge in [0.25, 0.3) is 21.2 Å². The zero-order valence-electron chi connectivity index (χ0n) is 77.5. The van der Waals surface area contributed by atoms with Crippen LogP contribution in [0.3, 0.4) is 0 Å². The van der Waals surface area contributed by atoms with Gasteiger partial charge in [0, 0.05) is 40.0 Å². The minimum Gasteiger partial charge on any atom is -0.506 e. The quantitative estimate of drug-likeness (QED) is 0.00203. The number of aromatic hydroxyl groups is 1. The molecule has 3 heterocycles. The summed E-state index contributed by atoms with van der Waals surface area (Å²) in [5.74, 6) is -2.36. The van der Waals surface area contributed by atoms with E-state index in [1.165, 1.54) is 90.6 Å². The number of amides is 3. The number of Topliss-reactive ketones (excluding diaryl/α,β-unsaturated/α-hetero) is 4. The number of ketones is 4. The lowest BCUT2D eigenvalue weighted by molar-refractivity contribution is -0.135. The maximum atomic E-state index is 13.2. The Hall–Kier alpha value is -13.5. The number of ether oxygens (including phenoxy) is 11. The van der Waals surface area contributed by atoms with Crippen LogP contribution in [0.15, 0.2) is 155 Å². The van der Waals surface area contributed by atoms with Gasteiger partial charge < -0.3 is 95.0 Å². The standard InChI is InChI=1S/C30H36N2O8.C16H26O7S.C15H14N2O3.C11H11NO5.C8H9NO3.C7H7NO3.C5H8N2O2.C2H3ClO.ClH/c1-21-6-9-24(10-7-21)39-18-16-37-14-12-36-13-15-38-17-19-40-28-5-3-4-25-29(28)31-22(2)32(30(25)35)26-11-8-23(33)20-27(26)34;1-15-3-5-16(6-4-15)22-13-11-20-9-7-19-8-10-21-12-14-23-24(2,17)18;1-9-16-12-5-3-2-4-11(12)15(20)17(9)13-7-6-10(18)8-14(13)19;1-6(13)12-10-8(11(15)16)4-3-5-9(10)17-7(2)14;1-12-6-4-2-3-5(7(6)9)8(10)11;8-6-4(7(10)11)2-1-3-5(6)9;6-3-1-2-4(8)7-5(3)9;1-2(3)4;/h3-7,9-10,26H,8,11-20H2,1-2H3;3-6H,7-14H2,1-2H3;2-5,13H,6-8H2,1H3;3-5H,1-2H3,(H,12,13)(H,15,16);2-4H,9H2,1H3,(H,10,11);1-3,9H,8H2,(H,10,11);3H,1-2,6H2,(H,7,8,9);1H3;1H. The average molecular weight is 1990 g/mol. The van der Waals surface area contributed by atoms with E-state index in [1.54, 1.807) is 62.4 Å². The molecule has 2 saturated carbocycles. The molecule has 12 N–H and O–H groups in total. The van der Waals surface area contributed by atoms with E-state index in [0.29, 0.717) is 163 Å². The maximum absolute atomic E-state index is 13.2. The minimum atomic E-state index is -3.39. The molecule has 748 valence electrons. The third kappa shape index (κ3) is 42.0. The number of anilines is 3. The predicted molar refractivity (Wildman–Crippen MR) is 509 cm³/mol. The molecule has 44 heteroatoms. The molecule has 0 spiro atoms. The van der Waals surface area contributed by atoms with Crippen LogP contribution in [0.4, 0.5) is 17.1 Å². The number of esters is 1. The Morgan fingerprint density at radius 1 is 0.493 bits per heavy atom. The van der Waals surface area contributed by atoms with Crippen molar-refractivity contribution in [2.24, 2.45) is 5.73 Å². The molecule has 138 heavy (non-hydrogen) atoms. The number of nitrogen functional groups attached to an aromatic ring is 2. The number of hydrogen-bond acceptors (Lipinski definition) is 34. The first-order valence-electron chi connectivity index (χ1n) is 42.6. The second kappa shape index (κ2) is 61.5. The van der Waals surface area contributed by atoms with Crippen molar-refractivity contribution in [3.8, 4) is 34.5 Å². The first-order valence-corrected chi connectivity index (χ1v) is 44.8. The lowest BCUT2D eigenvalue weighted by atomic mass is 9.92. The smallest absolute Gasteiger partial charge is 0.337 e. The molecule has 12 rings (SSSR count). The van der Waals surface area contributed by atoms with Gasteiger partial charge in [0.05, 0.1) is 180 Å². The van der Waals surface area contributed by atoms with Gasteiger partial charge in [0.15, 0.2) is 17.3 Å². The van der Waals surface area contributed by atoms with Crippen LogP contribution in [0.25, 0.3) is 21.8 Å². The number of fused-ring (bicyclic) bond motifs is 2. The lowest BCUT2D eigenvalue weighted by Crippen LogP contribution is -2.48. The van der Waals surface area contributed by atoms with Crippen molar-refractivity contribution in [1.82, 2.24) is 24.4 Å². The van der Waals surface area contributed by atoms with Gasteiger partial charge in [-0.2, -0.15) is 8.42 Å². The molecular weight excluding hydrogens is 1870 g/mol. The van der Waals surface area contributed by atoms with Crippen molar-refractivity contribution >= 4 is 143 Å². The number of phenolic OH excluding ortho intramolecular Hbond substituents is 1. The van der Waals surface area contributed by atoms with Crippen LogP contribution in [0.1, 0.15) is 138 Å². The number of phenols is 1. The SMILES string of the molecule is CC(=O)Cl.CC(=O)Nc1c(OC(C)=O)cccc1C(=O)O.COc1cccc(C(=O)O)c1N.Cc1ccc(OCCOCCOCCOCCOS(C)(=O)=O)cc1.Cc1ccc(OCCOCCOCCOCCOc2cccc3c(=O)n(C4CCC(=O)CC4=O)c(C)nc23)cc1.Cc1nc2ccccc2c(=O)n1C1CCC(=O)CC1=O.Cl.NC1CCC(=O)NC1=O.Nc1c(O)cccc1C(=O)O. The highest BCUT2D eigenvalue weighted by Gasteiger charge is 2.33. The molecule has 7 aromatic carbocycles. The molecule has 3 atom stereocenters. The molecule has 0 bridgehead atoms. The van der Waals surface area contributed by atoms with E-state index < -0.39 is 58.0 Å². The number of carbonyl (C=O) groups excluding carboxylic acids is 9. The van der Waals surface area contributed by atoms with Crippen LogP contribution in [0.2, 0.25) is 0 Å². The number of carbonyl (C=O) groups is 12. The van der Waals surface area contributed by atoms with Gasteiger partial charge in [-0.15, -0.1) is 12.4 Å². The van der Waals surface area contributed by atoms with Crippen molar-refractivity contribution in [1.29, 1.82) is 0 Å². The third-order valence-corrected chi connectivity index (χ3v) is 19.6. The largest absolute Gasteiger partial charge is 0.506 e. The van der Waals surface area contributed by atoms with E-state index in [2.05, 4.69) is 36.4 Å². The van der Waals surface area contributed by atoms with Crippen molar-refractivity contribution in [2.45, 2.75) is 118 Å². The Bertz CT molecular complexity index is 5840. The number of aromatic nitrogens is 4. The maximum Gasteiger partial charge on any atom is 0.337 e. The zero-order chi connectivity index (χ0) is 101. The number of carboxylic acids is 3. The summed E-state index contributed by atoms with van der Waals surface area (Å²) in [5.41, 5.74) is 18.8. The van der Waals surface area contributed by atoms with Gasteiger partial charge in [0.2, 0.25) is 23.0 Å². The number of aryl methyl sites for hydroxylation is 4. The Balaban J connectivity index is 0.000000353. The molecule has 2 aliphatic carbocycles. The number of nitrogens with two attached hydrogens (primary N) is 3. The molecule has 3 fully saturated rings. The molecule has 2 aromatic heterocycles. The number of methoxy groups -OCH3 is 1. The Morgan fingerprint density at radius 2 is 0.891 bits per heavy atom. The van der Waals surface area contributed by atoms with E-state index in [1.807, 2.05) is 68.4 Å². The minimum absolute atomic E-state index is 0. The number of nitrogens with one attached hydrogen (secondary N) is 2. The van der Waals surface area contributed by atoms with Crippen molar-refractivity contribution in [3.05, 3.63) is 206 Å². The van der Waals surface area contributed by atoms with E-state index in [0.717, 1.165) is 17.8 Å². The number of carboxylic acid groups (broad SMARTS) is 3. The molecule has 1 saturated heterocycles. The first kappa shape index (κ1) is 117. The van der Waals surface area contributed by atoms with Gasteiger partial charge in [0.1, 0.15) is 77.3 Å². The van der Waals surface area contributed by atoms with Gasteiger partial charge in [-0.25, -0.2) is 24.4 Å². The van der Waals surface area contributed by atoms with Crippen molar-refractivity contribution < 1.29 is 143 Å². The fraction of sp³-hybridized carbons (Fsp3) is 0.383. The van der Waals surface area contributed by atoms with E-state index in [-0.39, 0.29) is 148 Å². The second-order valence-electron chi connectivity index (χ2n) is 29.7. The Morgan fingerprint density at radius 3 is 1.32 bits per heavy atom. The number of benzene rings is 7. The fourth-order valence-corrected chi connectivity index (χ4v) is 12.9. The molecular formula is C94H115Cl2N9O32S. The molecule has 3 amide bonds. The summed E-state index contributed by atoms with van der Waals surface area (Å²) >= 11 is 4.64. The van der Waals surface area contributed by atoms with Crippen LogP contribution < -0.4 is 62.6 Å². The Kier molecular flexibility index (Phi) is 52.1. The number of nitrogens with zero attached hydrogens (tertiary/aromatic N) is 4. The van der Waals surface area contributed by atoms with Crippen LogP contribution in [0, 0.1) is 27.7 Å². The van der Waals surface area contributed by atoms with Crippen LogP contribution in [-0.2, 0) is 85.9 Å². The molecule has 3 aliphatic rings. The van der Waals surface area contributed by atoms with E-state index in [9.17, 15) is 75.5 Å². The van der Waals surface area contributed by atoms with Crippen LogP contribution in [-0.4, -0.2) is 243 Å². The number of hydrogen-bond donors (Lipinski definition) is 9. The van der Waals surface area contributed by atoms with E-state index >= 15 is 0 Å². The van der Waals surface area contributed by atoms with Gasteiger partial charge in [-0.1, -0.05) is 71.8 Å². The fourth-order valence-electron chi connectivity index (χ4n) is 12.5. The lowest BCUT2D eigenvalue weighted by Gasteiger charge is -2.24. The van der Waals surface area contributed by atoms with Crippen LogP contribution in [0.5, 0.6) is 34.5 Å².